The molecule has 0 radical (unpaired) electrons. The van der Waals surface area contributed by atoms with Gasteiger partial charge in [-0.3, -0.25) is 0 Å². The van der Waals surface area contributed by atoms with Gasteiger partial charge < -0.3 is 14.9 Å². The normalized spacial score (nSPS) is 7.67. The molecule has 12 heavy (non-hydrogen) atoms. The smallest absolute Gasteiger partial charge is 0.402 e. The summed E-state index contributed by atoms with van der Waals surface area (Å²) in [6, 6.07) is -0.731. The van der Waals surface area contributed by atoms with Gasteiger partial charge in [0.25, 0.3) is 0 Å². The molecular formula is C6H8N2O4. The average Bonchev–Trinajstić information content (AvgIpc) is 2.02. The van der Waals surface area contributed by atoms with Crippen LogP contribution in [0.3, 0.4) is 0 Å². The van der Waals surface area contributed by atoms with Crippen molar-refractivity contribution < 1.29 is 19.2 Å². The average molecular weight is 172 g/mol. The largest absolute Gasteiger partial charge is 0.538 e. The quantitative estimate of drug-likeness (QED) is 0.364. The molecule has 0 unspecified atom stereocenters. The number of amides is 2. The van der Waals surface area contributed by atoms with Gasteiger partial charge in [0.05, 0.1) is 6.26 Å². The van der Waals surface area contributed by atoms with Crippen LogP contribution in [0.15, 0.2) is 25.6 Å². The number of carbonyl (C=O) groups excluding carboxylic acids is 2. The van der Waals surface area contributed by atoms with E-state index in [-0.39, 0.29) is 0 Å². The fourth-order valence-electron chi connectivity index (χ4n) is 0.302. The van der Waals surface area contributed by atoms with Crippen molar-refractivity contribution in [2.75, 3.05) is 0 Å². The number of hydrogen-bond donors (Lipinski definition) is 2. The summed E-state index contributed by atoms with van der Waals surface area (Å²) in [5.41, 5.74) is 1.72. The van der Waals surface area contributed by atoms with E-state index in [1.807, 2.05) is 0 Å². The van der Waals surface area contributed by atoms with Crippen LogP contribution in [0.2, 0.25) is 0 Å². The first-order valence-electron chi connectivity index (χ1n) is 2.86. The highest BCUT2D eigenvalue weighted by Crippen LogP contribution is 1.80. The first-order chi connectivity index (χ1) is 5.70. The Labute approximate surface area is 68.8 Å². The van der Waals surface area contributed by atoms with Crippen LogP contribution in [0.5, 0.6) is 0 Å². The number of ether oxygens (including phenoxy) is 1. The number of rotatable bonds is 2. The minimum atomic E-state index is -1.08. The van der Waals surface area contributed by atoms with Crippen LogP contribution < -0.4 is 10.8 Å². The summed E-state index contributed by atoms with van der Waals surface area (Å²) >= 11 is 0. The first-order valence-corrected chi connectivity index (χ1v) is 2.86. The number of nitrogens with one attached hydrogen (secondary N) is 2. The van der Waals surface area contributed by atoms with Crippen LogP contribution in [0.1, 0.15) is 0 Å². The second kappa shape index (κ2) is 5.78. The van der Waals surface area contributed by atoms with Crippen molar-refractivity contribution in [3.63, 3.8) is 0 Å². The van der Waals surface area contributed by atoms with Crippen molar-refractivity contribution in [3.05, 3.63) is 25.6 Å². The molecule has 0 saturated heterocycles. The lowest BCUT2D eigenvalue weighted by atomic mass is 10.9. The Kier molecular flexibility index (Phi) is 4.83. The third kappa shape index (κ3) is 4.86. The number of hydroxylamine groups is 1. The van der Waals surface area contributed by atoms with Gasteiger partial charge in [-0.1, -0.05) is 13.2 Å². The van der Waals surface area contributed by atoms with Crippen LogP contribution in [-0.4, -0.2) is 12.2 Å². The summed E-state index contributed by atoms with van der Waals surface area (Å²) in [6.07, 6.45) is 0.914. The molecule has 0 aliphatic rings. The molecule has 0 aromatic heterocycles. The Morgan fingerprint density at radius 3 is 2.50 bits per heavy atom. The third-order valence-corrected chi connectivity index (χ3v) is 0.640. The standard InChI is InChI=1S/C6H8N2O4/c1-3-7-5(9)8-12-6(10)11-4-2/h3-4H,1-2H2,(H2,7,8,9). The van der Waals surface area contributed by atoms with Gasteiger partial charge in [-0.15, -0.1) is 0 Å². The highest BCUT2D eigenvalue weighted by molar-refractivity contribution is 5.75. The minimum absolute atomic E-state index is 0.731. The summed E-state index contributed by atoms with van der Waals surface area (Å²) in [4.78, 5) is 24.9. The molecule has 0 bridgehead atoms. The second-order valence-corrected chi connectivity index (χ2v) is 1.42. The number of urea groups is 1. The summed E-state index contributed by atoms with van der Waals surface area (Å²) < 4.78 is 4.10. The van der Waals surface area contributed by atoms with E-state index in [2.05, 4.69) is 28.0 Å². The molecule has 0 aliphatic carbocycles. The molecule has 0 aromatic carbocycles. The summed E-state index contributed by atoms with van der Waals surface area (Å²) in [6.45, 7) is 6.30. The van der Waals surface area contributed by atoms with Gasteiger partial charge in [0.15, 0.2) is 0 Å². The van der Waals surface area contributed by atoms with E-state index in [0.29, 0.717) is 0 Å². The predicted molar refractivity (Wildman–Crippen MR) is 39.6 cm³/mol. The van der Waals surface area contributed by atoms with Gasteiger partial charge in [0.2, 0.25) is 0 Å². The Morgan fingerprint density at radius 1 is 1.33 bits per heavy atom. The zero-order valence-electron chi connectivity index (χ0n) is 6.20. The molecule has 2 amide bonds. The topological polar surface area (TPSA) is 76.7 Å². The SMILES string of the molecule is C=CNC(=O)NOC(=O)OC=C. The van der Waals surface area contributed by atoms with Crippen molar-refractivity contribution in [1.82, 2.24) is 10.8 Å². The lowest BCUT2D eigenvalue weighted by molar-refractivity contribution is 0.0514. The molecule has 0 fully saturated rings. The molecule has 0 saturated carbocycles. The molecule has 0 aromatic rings. The predicted octanol–water partition coefficient (Wildman–Crippen LogP) is 0.641. The molecule has 2 N–H and O–H groups in total. The van der Waals surface area contributed by atoms with Crippen molar-refractivity contribution in [1.29, 1.82) is 0 Å². The number of hydrogen-bond acceptors (Lipinski definition) is 4. The zero-order chi connectivity index (χ0) is 9.40. The molecule has 6 heteroatoms. The van der Waals surface area contributed by atoms with E-state index >= 15 is 0 Å². The lowest BCUT2D eigenvalue weighted by Crippen LogP contribution is -2.33. The molecule has 0 spiro atoms. The van der Waals surface area contributed by atoms with E-state index in [4.69, 9.17) is 0 Å². The third-order valence-electron chi connectivity index (χ3n) is 0.640. The van der Waals surface area contributed by atoms with Crippen molar-refractivity contribution in [2.45, 2.75) is 0 Å². The molecule has 0 rings (SSSR count). The highest BCUT2D eigenvalue weighted by Gasteiger charge is 2.03. The van der Waals surface area contributed by atoms with E-state index in [0.717, 1.165) is 12.5 Å². The van der Waals surface area contributed by atoms with E-state index in [1.54, 1.807) is 5.48 Å². The van der Waals surface area contributed by atoms with Gasteiger partial charge in [0, 0.05) is 0 Å². The van der Waals surface area contributed by atoms with Gasteiger partial charge in [0.1, 0.15) is 0 Å². The highest BCUT2D eigenvalue weighted by atomic mass is 16.8. The fraction of sp³-hybridized carbons (Fsp3) is 0. The van der Waals surface area contributed by atoms with Gasteiger partial charge >= 0.3 is 12.2 Å². The molecule has 0 atom stereocenters. The Bertz CT molecular complexity index is 180. The Morgan fingerprint density at radius 2 is 2.00 bits per heavy atom. The van der Waals surface area contributed by atoms with Crippen LogP contribution in [0, 0.1) is 0 Å². The van der Waals surface area contributed by atoms with Crippen LogP contribution in [-0.2, 0) is 9.57 Å². The molecule has 0 heterocycles. The van der Waals surface area contributed by atoms with Gasteiger partial charge in [-0.05, 0) is 6.20 Å². The lowest BCUT2D eigenvalue weighted by Gasteiger charge is -2.02. The molecular weight excluding hydrogens is 164 g/mol. The van der Waals surface area contributed by atoms with Crippen LogP contribution in [0.4, 0.5) is 9.59 Å². The van der Waals surface area contributed by atoms with Crippen molar-refractivity contribution >= 4 is 12.2 Å². The Balaban J connectivity index is 3.53. The summed E-state index contributed by atoms with van der Waals surface area (Å²) in [7, 11) is 0. The van der Waals surface area contributed by atoms with E-state index in [1.165, 1.54) is 0 Å². The van der Waals surface area contributed by atoms with Crippen LogP contribution >= 0.6 is 0 Å². The van der Waals surface area contributed by atoms with Crippen LogP contribution in [0.25, 0.3) is 0 Å². The maximum Gasteiger partial charge on any atom is 0.538 e. The maximum absolute atomic E-state index is 10.5. The Hall–Kier alpha value is -1.98. The van der Waals surface area contributed by atoms with Gasteiger partial charge in [-0.25, -0.2) is 9.59 Å². The molecule has 6 nitrogen and oxygen atoms in total. The second-order valence-electron chi connectivity index (χ2n) is 1.42. The first kappa shape index (κ1) is 10.0. The van der Waals surface area contributed by atoms with E-state index in [9.17, 15) is 9.59 Å². The molecule has 0 aliphatic heterocycles. The zero-order valence-corrected chi connectivity index (χ0v) is 6.20. The fourth-order valence-corrected chi connectivity index (χ4v) is 0.302. The van der Waals surface area contributed by atoms with E-state index < -0.39 is 12.2 Å². The summed E-state index contributed by atoms with van der Waals surface area (Å²) in [5, 5.41) is 2.10. The summed E-state index contributed by atoms with van der Waals surface area (Å²) in [5.74, 6) is 0. The van der Waals surface area contributed by atoms with Crippen molar-refractivity contribution in [3.8, 4) is 0 Å². The molecule has 66 valence electrons. The van der Waals surface area contributed by atoms with Gasteiger partial charge in [-0.2, -0.15) is 5.48 Å². The maximum atomic E-state index is 10.5. The van der Waals surface area contributed by atoms with Crippen molar-refractivity contribution in [2.24, 2.45) is 0 Å². The minimum Gasteiger partial charge on any atom is -0.402 e. The monoisotopic (exact) mass is 172 g/mol. The number of carbonyl (C=O) groups is 2.